The summed E-state index contributed by atoms with van der Waals surface area (Å²) in [5.74, 6) is 1.15. The van der Waals surface area contributed by atoms with Gasteiger partial charge < -0.3 is 9.73 Å². The highest BCUT2D eigenvalue weighted by Crippen LogP contribution is 2.23. The van der Waals surface area contributed by atoms with Crippen LogP contribution in [0.1, 0.15) is 37.5 Å². The fourth-order valence-corrected chi connectivity index (χ4v) is 3.49. The molecule has 3 rings (SSSR count). The van der Waals surface area contributed by atoms with Crippen LogP contribution < -0.4 is 5.32 Å². The minimum Gasteiger partial charge on any atom is -0.468 e. The first-order chi connectivity index (χ1) is 9.86. The first kappa shape index (κ1) is 14.1. The topological polar surface area (TPSA) is 31.7 Å². The molecule has 0 amide bonds. The molecule has 1 unspecified atom stereocenters. The van der Waals surface area contributed by atoms with Crippen LogP contribution >= 0.6 is 0 Å². The molecular formula is C16H27N3O. The van der Waals surface area contributed by atoms with Crippen LogP contribution in [0.15, 0.2) is 16.7 Å². The highest BCUT2D eigenvalue weighted by molar-refractivity contribution is 5.17. The predicted molar refractivity (Wildman–Crippen MR) is 80.6 cm³/mol. The van der Waals surface area contributed by atoms with Crippen LogP contribution in [0.25, 0.3) is 0 Å². The van der Waals surface area contributed by atoms with Crippen LogP contribution in [0.4, 0.5) is 0 Å². The molecular weight excluding hydrogens is 250 g/mol. The van der Waals surface area contributed by atoms with Crippen molar-refractivity contribution in [2.75, 3.05) is 32.7 Å². The van der Waals surface area contributed by atoms with Gasteiger partial charge in [-0.2, -0.15) is 0 Å². The number of nitrogens with zero attached hydrogens (tertiary/aromatic N) is 2. The Labute approximate surface area is 122 Å². The fourth-order valence-electron chi connectivity index (χ4n) is 3.49. The summed E-state index contributed by atoms with van der Waals surface area (Å²) in [6, 6.07) is 2.89. The number of nitrogens with one attached hydrogen (secondary N) is 1. The van der Waals surface area contributed by atoms with Crippen molar-refractivity contribution in [1.82, 2.24) is 15.1 Å². The summed E-state index contributed by atoms with van der Waals surface area (Å²) < 4.78 is 5.69. The summed E-state index contributed by atoms with van der Waals surface area (Å²) in [7, 11) is 0. The van der Waals surface area contributed by atoms with Crippen LogP contribution in [0.5, 0.6) is 0 Å². The standard InChI is InChI=1S/C16H27N3O/c1-2-17-11-14-6-10-20-16(14)13-18-9-5-15(12-18)19-7-3-4-8-19/h6,10,15,17H,2-5,7-9,11-13H2,1H3. The summed E-state index contributed by atoms with van der Waals surface area (Å²) >= 11 is 0. The van der Waals surface area contributed by atoms with Gasteiger partial charge in [-0.15, -0.1) is 0 Å². The molecule has 2 aliphatic heterocycles. The molecule has 0 spiro atoms. The zero-order valence-electron chi connectivity index (χ0n) is 12.6. The maximum absolute atomic E-state index is 5.69. The van der Waals surface area contributed by atoms with Gasteiger partial charge in [0.2, 0.25) is 0 Å². The van der Waals surface area contributed by atoms with Gasteiger partial charge in [0, 0.05) is 31.2 Å². The van der Waals surface area contributed by atoms with Gasteiger partial charge in [-0.05, 0) is 45.0 Å². The number of hydrogen-bond acceptors (Lipinski definition) is 4. The molecule has 1 aromatic rings. The lowest BCUT2D eigenvalue weighted by Gasteiger charge is -2.23. The lowest BCUT2D eigenvalue weighted by molar-refractivity contribution is 0.223. The van der Waals surface area contributed by atoms with Gasteiger partial charge in [-0.3, -0.25) is 9.80 Å². The van der Waals surface area contributed by atoms with E-state index in [1.54, 1.807) is 0 Å². The smallest absolute Gasteiger partial charge is 0.122 e. The predicted octanol–water partition coefficient (Wildman–Crippen LogP) is 2.06. The Morgan fingerprint density at radius 2 is 2.15 bits per heavy atom. The Morgan fingerprint density at radius 1 is 1.30 bits per heavy atom. The molecule has 4 heteroatoms. The lowest BCUT2D eigenvalue weighted by atomic mass is 10.2. The van der Waals surface area contributed by atoms with Gasteiger partial charge in [-0.25, -0.2) is 0 Å². The molecule has 112 valence electrons. The molecule has 2 saturated heterocycles. The number of hydrogen-bond donors (Lipinski definition) is 1. The molecule has 0 aliphatic carbocycles. The second-order valence-electron chi connectivity index (χ2n) is 6.07. The molecule has 0 bridgehead atoms. The van der Waals surface area contributed by atoms with Gasteiger partial charge in [0.25, 0.3) is 0 Å². The molecule has 1 N–H and O–H groups in total. The molecule has 0 saturated carbocycles. The van der Waals surface area contributed by atoms with Crippen LogP contribution in [0.3, 0.4) is 0 Å². The van der Waals surface area contributed by atoms with Crippen LogP contribution in [0.2, 0.25) is 0 Å². The highest BCUT2D eigenvalue weighted by Gasteiger charge is 2.29. The Bertz CT molecular complexity index is 412. The maximum atomic E-state index is 5.69. The second kappa shape index (κ2) is 6.74. The quantitative estimate of drug-likeness (QED) is 0.862. The number of rotatable bonds is 6. The Hall–Kier alpha value is -0.840. The molecule has 3 heterocycles. The first-order valence-corrected chi connectivity index (χ1v) is 8.09. The van der Waals surface area contributed by atoms with Crippen molar-refractivity contribution < 1.29 is 4.42 Å². The summed E-state index contributed by atoms with van der Waals surface area (Å²) in [5.41, 5.74) is 1.32. The molecule has 1 atom stereocenters. The van der Waals surface area contributed by atoms with E-state index < -0.39 is 0 Å². The lowest BCUT2D eigenvalue weighted by Crippen LogP contribution is -2.35. The van der Waals surface area contributed by atoms with E-state index in [0.29, 0.717) is 0 Å². The molecule has 0 aromatic carbocycles. The average Bonchev–Trinajstić information content (AvgIpc) is 3.18. The molecule has 2 fully saturated rings. The Morgan fingerprint density at radius 3 is 2.95 bits per heavy atom. The van der Waals surface area contributed by atoms with Crippen LogP contribution in [0, 0.1) is 0 Å². The molecule has 20 heavy (non-hydrogen) atoms. The Kier molecular flexibility index (Phi) is 4.76. The zero-order valence-corrected chi connectivity index (χ0v) is 12.6. The van der Waals surface area contributed by atoms with Crippen molar-refractivity contribution in [3.8, 4) is 0 Å². The largest absolute Gasteiger partial charge is 0.468 e. The van der Waals surface area contributed by atoms with E-state index in [4.69, 9.17) is 4.42 Å². The SMILES string of the molecule is CCNCc1ccoc1CN1CCC(N2CCCC2)C1. The van der Waals surface area contributed by atoms with Crippen LogP contribution in [-0.4, -0.2) is 48.6 Å². The minimum atomic E-state index is 0.782. The van der Waals surface area contributed by atoms with Gasteiger partial charge in [-0.1, -0.05) is 6.92 Å². The van der Waals surface area contributed by atoms with Crippen molar-refractivity contribution >= 4 is 0 Å². The van der Waals surface area contributed by atoms with Crippen LogP contribution in [-0.2, 0) is 13.1 Å². The third-order valence-corrected chi connectivity index (χ3v) is 4.67. The van der Waals surface area contributed by atoms with Crippen molar-refractivity contribution in [2.24, 2.45) is 0 Å². The van der Waals surface area contributed by atoms with Gasteiger partial charge in [0.05, 0.1) is 12.8 Å². The summed E-state index contributed by atoms with van der Waals surface area (Å²) in [6.45, 7) is 10.1. The maximum Gasteiger partial charge on any atom is 0.122 e. The van der Waals surface area contributed by atoms with E-state index in [9.17, 15) is 0 Å². The molecule has 4 nitrogen and oxygen atoms in total. The average molecular weight is 277 g/mol. The number of likely N-dealkylation sites (tertiary alicyclic amines) is 2. The highest BCUT2D eigenvalue weighted by atomic mass is 16.3. The summed E-state index contributed by atoms with van der Waals surface area (Å²) in [5, 5.41) is 3.38. The normalized spacial score (nSPS) is 24.8. The van der Waals surface area contributed by atoms with E-state index in [2.05, 4.69) is 28.1 Å². The third kappa shape index (κ3) is 3.25. The summed E-state index contributed by atoms with van der Waals surface area (Å²) in [4.78, 5) is 5.24. The fraction of sp³-hybridized carbons (Fsp3) is 0.750. The Balaban J connectivity index is 1.52. The van der Waals surface area contributed by atoms with E-state index in [-0.39, 0.29) is 0 Å². The zero-order chi connectivity index (χ0) is 13.8. The van der Waals surface area contributed by atoms with E-state index in [0.717, 1.165) is 31.4 Å². The van der Waals surface area contributed by atoms with Crippen molar-refractivity contribution in [2.45, 2.75) is 45.3 Å². The van der Waals surface area contributed by atoms with E-state index in [1.165, 1.54) is 51.0 Å². The van der Waals surface area contributed by atoms with Gasteiger partial charge in [0.15, 0.2) is 0 Å². The molecule has 1 aromatic heterocycles. The van der Waals surface area contributed by atoms with Crippen molar-refractivity contribution in [1.29, 1.82) is 0 Å². The second-order valence-corrected chi connectivity index (χ2v) is 6.07. The van der Waals surface area contributed by atoms with Crippen molar-refractivity contribution in [3.05, 3.63) is 23.7 Å². The van der Waals surface area contributed by atoms with E-state index >= 15 is 0 Å². The molecule has 2 aliphatic rings. The van der Waals surface area contributed by atoms with Gasteiger partial charge >= 0.3 is 0 Å². The van der Waals surface area contributed by atoms with E-state index in [1.807, 2.05) is 6.26 Å². The van der Waals surface area contributed by atoms with Crippen molar-refractivity contribution in [3.63, 3.8) is 0 Å². The third-order valence-electron chi connectivity index (χ3n) is 4.67. The monoisotopic (exact) mass is 277 g/mol. The van der Waals surface area contributed by atoms with Gasteiger partial charge in [0.1, 0.15) is 5.76 Å². The minimum absolute atomic E-state index is 0.782. The number of furan rings is 1. The first-order valence-electron chi connectivity index (χ1n) is 8.09. The molecule has 0 radical (unpaired) electrons. The summed E-state index contributed by atoms with van der Waals surface area (Å²) in [6.07, 6.45) is 5.93.